The van der Waals surface area contributed by atoms with Crippen LogP contribution < -0.4 is 0 Å². The number of ether oxygens (including phenoxy) is 3. The summed E-state index contributed by atoms with van der Waals surface area (Å²) in [6.45, 7) is 6.48. The number of allylic oxidation sites excluding steroid dienone is 14. The molecule has 0 bridgehead atoms. The first-order valence-corrected chi connectivity index (χ1v) is 32.1. The maximum atomic E-state index is 12.9. The molecule has 0 amide bonds. The molecule has 0 aromatic carbocycles. The highest BCUT2D eigenvalue weighted by Gasteiger charge is 2.19. The third kappa shape index (κ3) is 61.3. The van der Waals surface area contributed by atoms with Crippen LogP contribution in [-0.4, -0.2) is 37.2 Å². The highest BCUT2D eigenvalue weighted by molar-refractivity contribution is 5.71. The lowest BCUT2D eigenvalue weighted by atomic mass is 10.0. The highest BCUT2D eigenvalue weighted by atomic mass is 16.6. The number of unbranched alkanes of at least 4 members (excludes halogenated alkanes) is 33. The summed E-state index contributed by atoms with van der Waals surface area (Å²) in [5, 5.41) is 0. The van der Waals surface area contributed by atoms with Crippen LogP contribution in [0.15, 0.2) is 85.1 Å². The summed E-state index contributed by atoms with van der Waals surface area (Å²) >= 11 is 0. The van der Waals surface area contributed by atoms with Gasteiger partial charge in [0.1, 0.15) is 13.2 Å². The van der Waals surface area contributed by atoms with Crippen LogP contribution in [0.25, 0.3) is 0 Å². The second-order valence-corrected chi connectivity index (χ2v) is 21.3. The van der Waals surface area contributed by atoms with E-state index in [-0.39, 0.29) is 31.1 Å². The summed E-state index contributed by atoms with van der Waals surface area (Å²) in [5.74, 6) is -0.895. The van der Waals surface area contributed by atoms with Crippen molar-refractivity contribution in [3.8, 4) is 0 Å². The van der Waals surface area contributed by atoms with Crippen LogP contribution in [0, 0.1) is 0 Å². The molecular formula is C69H120O6. The van der Waals surface area contributed by atoms with Gasteiger partial charge in [-0.3, -0.25) is 14.4 Å². The molecule has 0 radical (unpaired) electrons. The molecule has 6 nitrogen and oxygen atoms in total. The minimum Gasteiger partial charge on any atom is -0.462 e. The zero-order chi connectivity index (χ0) is 54.3. The molecule has 0 saturated heterocycles. The Balaban J connectivity index is 4.34. The first kappa shape index (κ1) is 71.6. The maximum absolute atomic E-state index is 12.9. The monoisotopic (exact) mass is 1040 g/mol. The third-order valence-corrected chi connectivity index (χ3v) is 13.9. The molecule has 0 heterocycles. The number of esters is 3. The molecule has 75 heavy (non-hydrogen) atoms. The standard InChI is InChI=1S/C69H120O6/c1-4-7-10-13-16-19-22-25-27-29-31-33-34-36-37-39-41-44-47-50-53-56-59-62-68(71)74-65-66(64-73-67(70)61-58-55-52-49-46-43-24-21-18-15-12-9-6-3)75-69(72)63-60-57-54-51-48-45-42-40-38-35-32-30-28-26-23-20-17-14-11-8-5-2/h7,10,12,15-16,19,21,24-25,27,31,33,36-37,66H,4-6,8-9,11,13-14,17-18,20,22-23,26,28-30,32,34-35,38-65H2,1-3H3/b10-7-,15-12-,19-16-,24-21-,27-25-,33-31-,37-36-. The summed E-state index contributed by atoms with van der Waals surface area (Å²) in [4.78, 5) is 38.3. The number of carbonyl (C=O) groups excluding carboxylic acids is 3. The SMILES string of the molecule is CC/C=C\C/C=C\C/C=C\C/C=C\C/C=C\CCCCCCCCCC(=O)OCC(COC(=O)CCCCCCC/C=C\C/C=C\CCC)OC(=O)CCCCCCCCCCCCCCCCCCCCCCC. The predicted molar refractivity (Wildman–Crippen MR) is 325 cm³/mol. The van der Waals surface area contributed by atoms with Crippen LogP contribution in [0.2, 0.25) is 0 Å². The molecule has 0 saturated carbocycles. The van der Waals surface area contributed by atoms with Gasteiger partial charge in [0.2, 0.25) is 0 Å². The highest BCUT2D eigenvalue weighted by Crippen LogP contribution is 2.17. The zero-order valence-corrected chi connectivity index (χ0v) is 49.6. The summed E-state index contributed by atoms with van der Waals surface area (Å²) < 4.78 is 16.9. The fourth-order valence-corrected chi connectivity index (χ4v) is 9.10. The fraction of sp³-hybridized carbons (Fsp3) is 0.754. The van der Waals surface area contributed by atoms with Gasteiger partial charge in [-0.05, 0) is 89.9 Å². The number of hydrogen-bond acceptors (Lipinski definition) is 6. The predicted octanol–water partition coefficient (Wildman–Crippen LogP) is 21.9. The smallest absolute Gasteiger partial charge is 0.306 e. The largest absolute Gasteiger partial charge is 0.462 e. The van der Waals surface area contributed by atoms with E-state index in [0.717, 1.165) is 122 Å². The number of rotatable bonds is 58. The van der Waals surface area contributed by atoms with Crippen molar-refractivity contribution in [1.29, 1.82) is 0 Å². The molecule has 0 aromatic rings. The van der Waals surface area contributed by atoms with E-state index in [0.29, 0.717) is 19.3 Å². The Labute approximate surface area is 465 Å². The van der Waals surface area contributed by atoms with Crippen LogP contribution in [0.1, 0.15) is 316 Å². The van der Waals surface area contributed by atoms with Gasteiger partial charge in [0, 0.05) is 19.3 Å². The minimum atomic E-state index is -0.787. The lowest BCUT2D eigenvalue weighted by Gasteiger charge is -2.18. The second-order valence-electron chi connectivity index (χ2n) is 21.3. The molecule has 1 unspecified atom stereocenters. The van der Waals surface area contributed by atoms with Gasteiger partial charge in [0.15, 0.2) is 6.10 Å². The summed E-state index contributed by atoms with van der Waals surface area (Å²) in [6, 6.07) is 0. The maximum Gasteiger partial charge on any atom is 0.306 e. The average molecular weight is 1050 g/mol. The van der Waals surface area contributed by atoms with Crippen molar-refractivity contribution in [1.82, 2.24) is 0 Å². The first-order chi connectivity index (χ1) is 37.0. The van der Waals surface area contributed by atoms with Crippen LogP contribution in [0.4, 0.5) is 0 Å². The van der Waals surface area contributed by atoms with E-state index in [1.54, 1.807) is 0 Å². The van der Waals surface area contributed by atoms with Gasteiger partial charge < -0.3 is 14.2 Å². The first-order valence-electron chi connectivity index (χ1n) is 32.1. The molecule has 0 fully saturated rings. The molecule has 0 aliphatic carbocycles. The van der Waals surface area contributed by atoms with E-state index in [1.807, 2.05) is 0 Å². The van der Waals surface area contributed by atoms with E-state index in [9.17, 15) is 14.4 Å². The van der Waals surface area contributed by atoms with Gasteiger partial charge in [-0.1, -0.05) is 292 Å². The Morgan fingerprint density at radius 3 is 0.867 bits per heavy atom. The Morgan fingerprint density at radius 2 is 0.547 bits per heavy atom. The fourth-order valence-electron chi connectivity index (χ4n) is 9.10. The van der Waals surface area contributed by atoms with Crippen molar-refractivity contribution in [3.05, 3.63) is 85.1 Å². The molecule has 432 valence electrons. The molecular weight excluding hydrogens is 925 g/mol. The molecule has 0 spiro atoms. The van der Waals surface area contributed by atoms with Crippen molar-refractivity contribution in [3.63, 3.8) is 0 Å². The van der Waals surface area contributed by atoms with Gasteiger partial charge in [-0.25, -0.2) is 0 Å². The zero-order valence-electron chi connectivity index (χ0n) is 49.6. The lowest BCUT2D eigenvalue weighted by molar-refractivity contribution is -0.167. The molecule has 0 N–H and O–H groups in total. The minimum absolute atomic E-state index is 0.0848. The van der Waals surface area contributed by atoms with Crippen molar-refractivity contribution >= 4 is 17.9 Å². The summed E-state index contributed by atoms with van der Waals surface area (Å²) in [5.41, 5.74) is 0. The van der Waals surface area contributed by atoms with E-state index in [2.05, 4.69) is 106 Å². The van der Waals surface area contributed by atoms with Gasteiger partial charge in [-0.2, -0.15) is 0 Å². The van der Waals surface area contributed by atoms with Crippen molar-refractivity contribution in [2.24, 2.45) is 0 Å². The van der Waals surface area contributed by atoms with Gasteiger partial charge in [0.25, 0.3) is 0 Å². The molecule has 6 heteroatoms. The topological polar surface area (TPSA) is 78.9 Å². The van der Waals surface area contributed by atoms with Gasteiger partial charge in [-0.15, -0.1) is 0 Å². The van der Waals surface area contributed by atoms with Crippen molar-refractivity contribution < 1.29 is 28.6 Å². The molecule has 0 aromatic heterocycles. The molecule has 0 aliphatic heterocycles. The van der Waals surface area contributed by atoms with E-state index >= 15 is 0 Å². The van der Waals surface area contributed by atoms with Crippen LogP contribution in [0.3, 0.4) is 0 Å². The van der Waals surface area contributed by atoms with Gasteiger partial charge in [0.05, 0.1) is 0 Å². The normalized spacial score (nSPS) is 12.6. The second kappa shape index (κ2) is 63.1. The van der Waals surface area contributed by atoms with Crippen molar-refractivity contribution in [2.75, 3.05) is 13.2 Å². The number of carbonyl (C=O) groups is 3. The quantitative estimate of drug-likeness (QED) is 0.0261. The van der Waals surface area contributed by atoms with Crippen molar-refractivity contribution in [2.45, 2.75) is 322 Å². The van der Waals surface area contributed by atoms with E-state index < -0.39 is 6.10 Å². The number of hydrogen-bond donors (Lipinski definition) is 0. The third-order valence-electron chi connectivity index (χ3n) is 13.9. The summed E-state index contributed by atoms with van der Waals surface area (Å²) in [6.07, 6.45) is 83.0. The Hall–Kier alpha value is -3.41. The van der Waals surface area contributed by atoms with Crippen LogP contribution in [0.5, 0.6) is 0 Å². The van der Waals surface area contributed by atoms with Crippen LogP contribution in [-0.2, 0) is 28.6 Å². The Kier molecular flexibility index (Phi) is 60.3. The summed E-state index contributed by atoms with van der Waals surface area (Å²) in [7, 11) is 0. The van der Waals surface area contributed by atoms with Crippen LogP contribution >= 0.6 is 0 Å². The molecule has 1 atom stereocenters. The van der Waals surface area contributed by atoms with E-state index in [1.165, 1.54) is 154 Å². The lowest BCUT2D eigenvalue weighted by Crippen LogP contribution is -2.30. The molecule has 0 rings (SSSR count). The van der Waals surface area contributed by atoms with E-state index in [4.69, 9.17) is 14.2 Å². The average Bonchev–Trinajstić information content (AvgIpc) is 3.41. The molecule has 0 aliphatic rings. The van der Waals surface area contributed by atoms with Gasteiger partial charge >= 0.3 is 17.9 Å². The Morgan fingerprint density at radius 1 is 0.280 bits per heavy atom. The Bertz CT molecular complexity index is 1430.